The van der Waals surface area contributed by atoms with E-state index in [0.29, 0.717) is 6.42 Å². The van der Waals surface area contributed by atoms with E-state index < -0.39 is 17.3 Å². The normalized spacial score (nSPS) is 32.6. The van der Waals surface area contributed by atoms with Crippen LogP contribution in [0.15, 0.2) is 30.3 Å². The molecule has 1 aromatic carbocycles. The number of primary amides is 1. The Morgan fingerprint density at radius 2 is 2.06 bits per heavy atom. The molecule has 1 heterocycles. The largest absolute Gasteiger partial charge is 0.366 e. The highest BCUT2D eigenvalue weighted by Gasteiger charge is 2.50. The molecular formula is C12H17N3O2. The van der Waals surface area contributed by atoms with Crippen molar-refractivity contribution in [3.05, 3.63) is 35.9 Å². The van der Waals surface area contributed by atoms with Crippen LogP contribution in [-0.2, 0) is 15.3 Å². The number of rotatable bonds is 3. The summed E-state index contributed by atoms with van der Waals surface area (Å²) >= 11 is 0. The highest BCUT2D eigenvalue weighted by atomic mass is 16.7. The number of hydrogen-bond donors (Lipinski definition) is 3. The van der Waals surface area contributed by atoms with E-state index in [1.54, 1.807) is 0 Å². The van der Waals surface area contributed by atoms with Crippen molar-refractivity contribution >= 4 is 5.91 Å². The number of amides is 1. The van der Waals surface area contributed by atoms with E-state index in [1.807, 2.05) is 44.2 Å². The third kappa shape index (κ3) is 1.93. The summed E-state index contributed by atoms with van der Waals surface area (Å²) in [5.74, 6) is -0.513. The average molecular weight is 235 g/mol. The van der Waals surface area contributed by atoms with Gasteiger partial charge in [-0.2, -0.15) is 5.48 Å². The molecule has 1 aromatic rings. The molecule has 0 bridgehead atoms. The van der Waals surface area contributed by atoms with Gasteiger partial charge in [0, 0.05) is 0 Å². The molecule has 2 rings (SSSR count). The smallest absolute Gasteiger partial charge is 0.259 e. The van der Waals surface area contributed by atoms with E-state index in [0.717, 1.165) is 5.56 Å². The van der Waals surface area contributed by atoms with Gasteiger partial charge in [0.1, 0.15) is 5.72 Å². The van der Waals surface area contributed by atoms with E-state index in [9.17, 15) is 4.79 Å². The Kier molecular flexibility index (Phi) is 2.91. The van der Waals surface area contributed by atoms with Crippen LogP contribution in [0.1, 0.15) is 25.8 Å². The Morgan fingerprint density at radius 3 is 2.53 bits per heavy atom. The minimum atomic E-state index is -1.16. The Labute approximate surface area is 100 Å². The number of hydroxylamine groups is 1. The predicted octanol–water partition coefficient (Wildman–Crippen LogP) is 0.575. The van der Waals surface area contributed by atoms with Crippen molar-refractivity contribution in [1.82, 2.24) is 10.8 Å². The van der Waals surface area contributed by atoms with Crippen LogP contribution in [0.5, 0.6) is 0 Å². The lowest BCUT2D eigenvalue weighted by Crippen LogP contribution is -2.58. The van der Waals surface area contributed by atoms with Crippen LogP contribution in [0, 0.1) is 0 Å². The van der Waals surface area contributed by atoms with Crippen LogP contribution in [0.2, 0.25) is 0 Å². The second kappa shape index (κ2) is 4.10. The predicted molar refractivity (Wildman–Crippen MR) is 63.4 cm³/mol. The average Bonchev–Trinajstić information content (AvgIpc) is 2.71. The number of carbonyl (C=O) groups is 1. The van der Waals surface area contributed by atoms with E-state index in [4.69, 9.17) is 10.6 Å². The van der Waals surface area contributed by atoms with Gasteiger partial charge in [-0.25, -0.2) is 0 Å². The van der Waals surface area contributed by atoms with Crippen molar-refractivity contribution in [3.63, 3.8) is 0 Å². The number of carbonyl (C=O) groups excluding carboxylic acids is 1. The molecule has 5 heteroatoms. The summed E-state index contributed by atoms with van der Waals surface area (Å²) in [5, 5.41) is 3.14. The van der Waals surface area contributed by atoms with Crippen molar-refractivity contribution in [2.24, 2.45) is 5.73 Å². The van der Waals surface area contributed by atoms with Gasteiger partial charge in [0.25, 0.3) is 5.91 Å². The fourth-order valence-corrected chi connectivity index (χ4v) is 1.87. The van der Waals surface area contributed by atoms with Crippen LogP contribution >= 0.6 is 0 Å². The van der Waals surface area contributed by atoms with Crippen molar-refractivity contribution in [2.75, 3.05) is 0 Å². The molecule has 92 valence electrons. The molecule has 4 N–H and O–H groups in total. The summed E-state index contributed by atoms with van der Waals surface area (Å²) in [6.07, 6.45) is 0.710. The summed E-state index contributed by atoms with van der Waals surface area (Å²) in [7, 11) is 0. The summed E-state index contributed by atoms with van der Waals surface area (Å²) < 4.78 is 0. The van der Waals surface area contributed by atoms with Gasteiger partial charge >= 0.3 is 0 Å². The van der Waals surface area contributed by atoms with Crippen molar-refractivity contribution in [1.29, 1.82) is 0 Å². The Bertz CT molecular complexity index is 423. The maximum Gasteiger partial charge on any atom is 0.259 e. The molecule has 0 saturated carbocycles. The van der Waals surface area contributed by atoms with E-state index in [-0.39, 0.29) is 0 Å². The molecule has 0 aliphatic carbocycles. The van der Waals surface area contributed by atoms with Crippen molar-refractivity contribution in [2.45, 2.75) is 31.7 Å². The molecule has 2 atom stereocenters. The minimum Gasteiger partial charge on any atom is -0.366 e. The van der Waals surface area contributed by atoms with Crippen LogP contribution in [0.3, 0.4) is 0 Å². The highest BCUT2D eigenvalue weighted by Crippen LogP contribution is 2.29. The number of hydrogen-bond acceptors (Lipinski definition) is 4. The molecule has 0 spiro atoms. The van der Waals surface area contributed by atoms with E-state index >= 15 is 0 Å². The van der Waals surface area contributed by atoms with Gasteiger partial charge in [0.15, 0.2) is 5.66 Å². The zero-order chi connectivity index (χ0) is 12.5. The molecule has 1 aliphatic heterocycles. The van der Waals surface area contributed by atoms with Gasteiger partial charge in [-0.15, -0.1) is 0 Å². The molecule has 1 fully saturated rings. The maximum atomic E-state index is 11.7. The third-order valence-electron chi connectivity index (χ3n) is 3.13. The van der Waals surface area contributed by atoms with Crippen molar-refractivity contribution < 1.29 is 9.63 Å². The van der Waals surface area contributed by atoms with Gasteiger partial charge in [-0.3, -0.25) is 14.9 Å². The summed E-state index contributed by atoms with van der Waals surface area (Å²) in [6, 6.07) is 9.24. The first-order valence-corrected chi connectivity index (χ1v) is 5.62. The second-order valence-electron chi connectivity index (χ2n) is 4.39. The quantitative estimate of drug-likeness (QED) is 0.716. The van der Waals surface area contributed by atoms with Crippen LogP contribution < -0.4 is 16.5 Å². The maximum absolute atomic E-state index is 11.7. The SMILES string of the molecule is CCC1(C)NC(C(N)=O)(c2ccccc2)NO1. The number of nitrogens with one attached hydrogen (secondary N) is 2. The van der Waals surface area contributed by atoms with Crippen LogP contribution in [-0.4, -0.2) is 11.6 Å². The van der Waals surface area contributed by atoms with Gasteiger partial charge in [0.05, 0.1) is 0 Å². The summed E-state index contributed by atoms with van der Waals surface area (Å²) in [6.45, 7) is 3.84. The molecule has 2 unspecified atom stereocenters. The molecular weight excluding hydrogens is 218 g/mol. The zero-order valence-electron chi connectivity index (χ0n) is 9.99. The molecule has 17 heavy (non-hydrogen) atoms. The lowest BCUT2D eigenvalue weighted by Gasteiger charge is -2.27. The zero-order valence-corrected chi connectivity index (χ0v) is 9.99. The van der Waals surface area contributed by atoms with Crippen molar-refractivity contribution in [3.8, 4) is 0 Å². The number of nitrogens with two attached hydrogens (primary N) is 1. The standard InChI is InChI=1S/C12H17N3O2/c1-3-11(2)14-12(10(13)16,15-17-11)9-7-5-4-6-8-9/h4-8,14-15H,3H2,1-2H3,(H2,13,16). The Hall–Kier alpha value is -1.43. The summed E-state index contributed by atoms with van der Waals surface area (Å²) in [5.41, 5.74) is 7.21. The fourth-order valence-electron chi connectivity index (χ4n) is 1.87. The van der Waals surface area contributed by atoms with Gasteiger partial charge in [-0.1, -0.05) is 37.3 Å². The third-order valence-corrected chi connectivity index (χ3v) is 3.13. The molecule has 1 aliphatic rings. The second-order valence-corrected chi connectivity index (χ2v) is 4.39. The minimum absolute atomic E-state index is 0.513. The van der Waals surface area contributed by atoms with Crippen LogP contribution in [0.25, 0.3) is 0 Å². The molecule has 1 amide bonds. The lowest BCUT2D eigenvalue weighted by atomic mass is 9.98. The number of benzene rings is 1. The van der Waals surface area contributed by atoms with Gasteiger partial charge < -0.3 is 5.73 Å². The monoisotopic (exact) mass is 235 g/mol. The first-order chi connectivity index (χ1) is 8.02. The first kappa shape index (κ1) is 12.0. The summed E-state index contributed by atoms with van der Waals surface area (Å²) in [4.78, 5) is 17.2. The Morgan fingerprint density at radius 1 is 1.41 bits per heavy atom. The molecule has 0 radical (unpaired) electrons. The van der Waals surface area contributed by atoms with E-state index in [1.165, 1.54) is 0 Å². The topological polar surface area (TPSA) is 76.4 Å². The fraction of sp³-hybridized carbons (Fsp3) is 0.417. The van der Waals surface area contributed by atoms with Crippen LogP contribution in [0.4, 0.5) is 0 Å². The molecule has 0 aromatic heterocycles. The molecule has 5 nitrogen and oxygen atoms in total. The van der Waals surface area contributed by atoms with Gasteiger partial charge in [-0.05, 0) is 18.9 Å². The highest BCUT2D eigenvalue weighted by molar-refractivity contribution is 5.85. The van der Waals surface area contributed by atoms with E-state index in [2.05, 4.69) is 10.8 Å². The lowest BCUT2D eigenvalue weighted by molar-refractivity contribution is -0.128. The molecule has 1 saturated heterocycles. The first-order valence-electron chi connectivity index (χ1n) is 5.62. The Balaban J connectivity index is 2.41. The van der Waals surface area contributed by atoms with Gasteiger partial charge in [0.2, 0.25) is 0 Å².